The van der Waals surface area contributed by atoms with Crippen molar-refractivity contribution in [3.8, 4) is 17.3 Å². The zero-order chi connectivity index (χ0) is 13.4. The van der Waals surface area contributed by atoms with Gasteiger partial charge in [-0.15, -0.1) is 0 Å². The summed E-state index contributed by atoms with van der Waals surface area (Å²) in [5, 5.41) is 0. The molecule has 19 heavy (non-hydrogen) atoms. The van der Waals surface area contributed by atoms with Gasteiger partial charge in [0.25, 0.3) is 0 Å². The number of rotatable bonds is 2. The second-order valence-electron chi connectivity index (χ2n) is 4.19. The molecule has 0 aliphatic heterocycles. The molecule has 0 bridgehead atoms. The van der Waals surface area contributed by atoms with E-state index in [1.54, 1.807) is 7.11 Å². The van der Waals surface area contributed by atoms with Crippen LogP contribution in [0.4, 0.5) is 0 Å². The molecule has 0 N–H and O–H groups in total. The zero-order valence-electron chi connectivity index (χ0n) is 10.6. The number of fused-ring (bicyclic) bond motifs is 1. The van der Waals surface area contributed by atoms with Crippen molar-refractivity contribution in [3.05, 3.63) is 41.0 Å². The van der Waals surface area contributed by atoms with Crippen LogP contribution in [0.5, 0.6) is 5.75 Å². The average molecular weight is 318 g/mol. The van der Waals surface area contributed by atoms with Crippen molar-refractivity contribution in [2.45, 2.75) is 0 Å². The van der Waals surface area contributed by atoms with Gasteiger partial charge in [-0.3, -0.25) is 0 Å². The van der Waals surface area contributed by atoms with Gasteiger partial charge in [0.1, 0.15) is 16.0 Å². The van der Waals surface area contributed by atoms with Crippen LogP contribution in [0.2, 0.25) is 0 Å². The SMILES string of the molecule is COc1ccc2c(c1)nc(-c1cccc(Br)n1)n2C. The van der Waals surface area contributed by atoms with Crippen molar-refractivity contribution in [1.82, 2.24) is 14.5 Å². The van der Waals surface area contributed by atoms with E-state index in [1.807, 2.05) is 48.0 Å². The van der Waals surface area contributed by atoms with Gasteiger partial charge in [0.05, 0.1) is 18.1 Å². The van der Waals surface area contributed by atoms with Crippen molar-refractivity contribution in [3.63, 3.8) is 0 Å². The van der Waals surface area contributed by atoms with Crippen LogP contribution in [0.15, 0.2) is 41.0 Å². The summed E-state index contributed by atoms with van der Waals surface area (Å²) < 4.78 is 8.06. The number of hydrogen-bond acceptors (Lipinski definition) is 3. The van der Waals surface area contributed by atoms with E-state index in [0.717, 1.165) is 32.9 Å². The number of nitrogens with zero attached hydrogens (tertiary/aromatic N) is 3. The minimum Gasteiger partial charge on any atom is -0.497 e. The van der Waals surface area contributed by atoms with Crippen LogP contribution in [0, 0.1) is 0 Å². The van der Waals surface area contributed by atoms with Gasteiger partial charge in [-0.05, 0) is 40.2 Å². The molecule has 3 aromatic rings. The first-order chi connectivity index (χ1) is 9.19. The maximum absolute atomic E-state index is 5.22. The lowest BCUT2D eigenvalue weighted by atomic mass is 10.3. The zero-order valence-corrected chi connectivity index (χ0v) is 12.2. The van der Waals surface area contributed by atoms with Crippen LogP contribution in [0.25, 0.3) is 22.6 Å². The maximum Gasteiger partial charge on any atom is 0.159 e. The molecule has 3 rings (SSSR count). The van der Waals surface area contributed by atoms with E-state index >= 15 is 0 Å². The van der Waals surface area contributed by atoms with Gasteiger partial charge in [0.15, 0.2) is 5.82 Å². The second kappa shape index (κ2) is 4.66. The lowest BCUT2D eigenvalue weighted by molar-refractivity contribution is 0.415. The van der Waals surface area contributed by atoms with Crippen LogP contribution in [-0.2, 0) is 7.05 Å². The average Bonchev–Trinajstić information content (AvgIpc) is 2.75. The lowest BCUT2D eigenvalue weighted by Gasteiger charge is -2.02. The number of halogens is 1. The predicted octanol–water partition coefficient (Wildman–Crippen LogP) is 3.41. The summed E-state index contributed by atoms with van der Waals surface area (Å²) in [6.07, 6.45) is 0. The Morgan fingerprint density at radius 3 is 2.74 bits per heavy atom. The summed E-state index contributed by atoms with van der Waals surface area (Å²) in [6.45, 7) is 0. The Morgan fingerprint density at radius 2 is 2.00 bits per heavy atom. The fourth-order valence-electron chi connectivity index (χ4n) is 2.07. The van der Waals surface area contributed by atoms with Crippen molar-refractivity contribution < 1.29 is 4.74 Å². The van der Waals surface area contributed by atoms with E-state index in [1.165, 1.54) is 0 Å². The van der Waals surface area contributed by atoms with Gasteiger partial charge >= 0.3 is 0 Å². The van der Waals surface area contributed by atoms with E-state index in [9.17, 15) is 0 Å². The Kier molecular flexibility index (Phi) is 2.98. The Bertz CT molecular complexity index is 752. The molecule has 2 heterocycles. The Morgan fingerprint density at radius 1 is 1.16 bits per heavy atom. The van der Waals surface area contributed by atoms with Gasteiger partial charge < -0.3 is 9.30 Å². The third kappa shape index (κ3) is 2.10. The summed E-state index contributed by atoms with van der Waals surface area (Å²) in [5.74, 6) is 1.64. The number of pyridine rings is 1. The number of aromatic nitrogens is 3. The fourth-order valence-corrected chi connectivity index (χ4v) is 2.41. The first-order valence-corrected chi connectivity index (χ1v) is 6.62. The Labute approximate surface area is 119 Å². The molecule has 0 atom stereocenters. The summed E-state index contributed by atoms with van der Waals surface area (Å²) in [7, 11) is 3.64. The topological polar surface area (TPSA) is 39.9 Å². The van der Waals surface area contributed by atoms with Crippen LogP contribution in [0.3, 0.4) is 0 Å². The molecule has 2 aromatic heterocycles. The van der Waals surface area contributed by atoms with E-state index < -0.39 is 0 Å². The molecule has 5 heteroatoms. The van der Waals surface area contributed by atoms with Gasteiger partial charge in [-0.2, -0.15) is 0 Å². The minimum atomic E-state index is 0.801. The third-order valence-electron chi connectivity index (χ3n) is 3.03. The number of methoxy groups -OCH3 is 1. The first kappa shape index (κ1) is 12.2. The molecule has 96 valence electrons. The molecular formula is C14H12BrN3O. The normalized spacial score (nSPS) is 10.9. The summed E-state index contributed by atoms with van der Waals surface area (Å²) in [6, 6.07) is 11.7. The Balaban J connectivity index is 2.22. The number of imidazole rings is 1. The lowest BCUT2D eigenvalue weighted by Crippen LogP contribution is -1.94. The minimum absolute atomic E-state index is 0.801. The highest BCUT2D eigenvalue weighted by Gasteiger charge is 2.11. The quantitative estimate of drug-likeness (QED) is 0.680. The molecule has 0 radical (unpaired) electrons. The van der Waals surface area contributed by atoms with E-state index in [4.69, 9.17) is 4.74 Å². The maximum atomic E-state index is 5.22. The van der Waals surface area contributed by atoms with E-state index in [2.05, 4.69) is 25.9 Å². The molecular weight excluding hydrogens is 306 g/mol. The van der Waals surface area contributed by atoms with Crippen LogP contribution >= 0.6 is 15.9 Å². The molecule has 0 aliphatic carbocycles. The summed E-state index contributed by atoms with van der Waals surface area (Å²) >= 11 is 3.38. The van der Waals surface area contributed by atoms with Crippen molar-refractivity contribution in [2.24, 2.45) is 7.05 Å². The number of ether oxygens (including phenoxy) is 1. The molecule has 1 aromatic carbocycles. The second-order valence-corrected chi connectivity index (χ2v) is 5.01. The van der Waals surface area contributed by atoms with Gasteiger partial charge in [0.2, 0.25) is 0 Å². The number of benzene rings is 1. The van der Waals surface area contributed by atoms with Crippen LogP contribution in [-0.4, -0.2) is 21.6 Å². The number of hydrogen-bond donors (Lipinski definition) is 0. The highest BCUT2D eigenvalue weighted by molar-refractivity contribution is 9.10. The van der Waals surface area contributed by atoms with Gasteiger partial charge in [0, 0.05) is 13.1 Å². The molecule has 0 aliphatic rings. The molecule has 0 saturated carbocycles. The monoisotopic (exact) mass is 317 g/mol. The van der Waals surface area contributed by atoms with Crippen LogP contribution < -0.4 is 4.74 Å². The Hall–Kier alpha value is -1.88. The highest BCUT2D eigenvalue weighted by atomic mass is 79.9. The standard InChI is InChI=1S/C14H12BrN3O/c1-18-12-7-6-9(19-2)8-11(12)17-14(18)10-4-3-5-13(15)16-10/h3-8H,1-2H3. The predicted molar refractivity (Wildman–Crippen MR) is 78.2 cm³/mol. The largest absolute Gasteiger partial charge is 0.497 e. The third-order valence-corrected chi connectivity index (χ3v) is 3.47. The van der Waals surface area contributed by atoms with E-state index in [0.29, 0.717) is 0 Å². The first-order valence-electron chi connectivity index (χ1n) is 5.82. The number of aryl methyl sites for hydroxylation is 1. The highest BCUT2D eigenvalue weighted by Crippen LogP contribution is 2.26. The molecule has 0 amide bonds. The van der Waals surface area contributed by atoms with E-state index in [-0.39, 0.29) is 0 Å². The smallest absolute Gasteiger partial charge is 0.159 e. The summed E-state index contributed by atoms with van der Waals surface area (Å²) in [4.78, 5) is 9.08. The molecule has 0 unspecified atom stereocenters. The van der Waals surface area contributed by atoms with Gasteiger partial charge in [-0.25, -0.2) is 9.97 Å². The molecule has 0 saturated heterocycles. The van der Waals surface area contributed by atoms with Crippen molar-refractivity contribution in [1.29, 1.82) is 0 Å². The van der Waals surface area contributed by atoms with Crippen molar-refractivity contribution in [2.75, 3.05) is 7.11 Å². The molecule has 0 fully saturated rings. The fraction of sp³-hybridized carbons (Fsp3) is 0.143. The van der Waals surface area contributed by atoms with Crippen LogP contribution in [0.1, 0.15) is 0 Å². The molecule has 0 spiro atoms. The van der Waals surface area contributed by atoms with Gasteiger partial charge in [-0.1, -0.05) is 6.07 Å². The summed E-state index contributed by atoms with van der Waals surface area (Å²) in [5.41, 5.74) is 2.79. The van der Waals surface area contributed by atoms with Crippen molar-refractivity contribution >= 4 is 27.0 Å². The molecule has 4 nitrogen and oxygen atoms in total.